The molecule has 0 bridgehead atoms. The number of hydrogen-bond donors (Lipinski definition) is 2. The van der Waals surface area contributed by atoms with Gasteiger partial charge in [-0.2, -0.15) is 0 Å². The van der Waals surface area contributed by atoms with Gasteiger partial charge < -0.3 is 10.4 Å². The standard InChI is InChI=1S/C17H18N2O2/c20-17(21)14-9-12-3-1-2-4-13(12)16(18-14)19-15(10-5-6-10)11-7-8-11/h1-4,9-11,15H,5-8H2,(H,18,19)(H,20,21). The molecule has 0 saturated heterocycles. The molecule has 0 atom stereocenters. The fourth-order valence-corrected chi connectivity index (χ4v) is 3.11. The number of nitrogens with zero attached hydrogens (tertiary/aromatic N) is 1. The molecule has 1 heterocycles. The van der Waals surface area contributed by atoms with Gasteiger partial charge in [-0.1, -0.05) is 24.3 Å². The van der Waals surface area contributed by atoms with Crippen molar-refractivity contribution < 1.29 is 9.90 Å². The highest BCUT2D eigenvalue weighted by molar-refractivity contribution is 5.97. The number of aromatic nitrogens is 1. The number of carboxylic acids is 1. The Morgan fingerprint density at radius 1 is 1.19 bits per heavy atom. The number of nitrogens with one attached hydrogen (secondary N) is 1. The molecule has 0 amide bonds. The van der Waals surface area contributed by atoms with E-state index in [0.717, 1.165) is 28.4 Å². The van der Waals surface area contributed by atoms with Gasteiger partial charge in [0.25, 0.3) is 0 Å². The molecule has 4 heteroatoms. The molecule has 2 saturated carbocycles. The summed E-state index contributed by atoms with van der Waals surface area (Å²) in [5.74, 6) is 1.24. The minimum atomic E-state index is -0.974. The average Bonchev–Trinajstić information content (AvgIpc) is 3.38. The van der Waals surface area contributed by atoms with E-state index in [0.29, 0.717) is 6.04 Å². The Kier molecular flexibility index (Phi) is 2.84. The minimum absolute atomic E-state index is 0.113. The Hall–Kier alpha value is -2.10. The van der Waals surface area contributed by atoms with E-state index in [2.05, 4.69) is 10.3 Å². The van der Waals surface area contributed by atoms with Gasteiger partial charge in [0.2, 0.25) is 0 Å². The van der Waals surface area contributed by atoms with Gasteiger partial charge >= 0.3 is 5.97 Å². The average molecular weight is 282 g/mol. The number of carbonyl (C=O) groups is 1. The van der Waals surface area contributed by atoms with Crippen LogP contribution in [-0.4, -0.2) is 22.1 Å². The van der Waals surface area contributed by atoms with Crippen LogP contribution >= 0.6 is 0 Å². The Labute approximate surface area is 123 Å². The molecule has 2 aliphatic rings. The van der Waals surface area contributed by atoms with Crippen molar-refractivity contribution in [3.63, 3.8) is 0 Å². The summed E-state index contributed by atoms with van der Waals surface area (Å²) >= 11 is 0. The van der Waals surface area contributed by atoms with Crippen LogP contribution in [0.15, 0.2) is 30.3 Å². The predicted octanol–water partition coefficient (Wildman–Crippen LogP) is 3.53. The van der Waals surface area contributed by atoms with Gasteiger partial charge in [-0.15, -0.1) is 0 Å². The Morgan fingerprint density at radius 3 is 2.48 bits per heavy atom. The van der Waals surface area contributed by atoms with Crippen molar-refractivity contribution in [1.29, 1.82) is 0 Å². The number of rotatable bonds is 5. The number of anilines is 1. The lowest BCUT2D eigenvalue weighted by Gasteiger charge is -2.20. The molecule has 0 unspecified atom stereocenters. The lowest BCUT2D eigenvalue weighted by atomic mass is 10.1. The highest BCUT2D eigenvalue weighted by Crippen LogP contribution is 2.46. The molecule has 21 heavy (non-hydrogen) atoms. The van der Waals surface area contributed by atoms with Gasteiger partial charge in [0.05, 0.1) is 0 Å². The van der Waals surface area contributed by atoms with Crippen molar-refractivity contribution in [2.24, 2.45) is 11.8 Å². The Balaban J connectivity index is 1.76. The summed E-state index contributed by atoms with van der Waals surface area (Å²) in [5.41, 5.74) is 0.113. The zero-order valence-electron chi connectivity index (χ0n) is 11.7. The monoisotopic (exact) mass is 282 g/mol. The van der Waals surface area contributed by atoms with E-state index < -0.39 is 5.97 Å². The highest BCUT2D eigenvalue weighted by Gasteiger charge is 2.41. The first-order valence-electron chi connectivity index (χ1n) is 7.62. The zero-order chi connectivity index (χ0) is 14.4. The second-order valence-electron chi connectivity index (χ2n) is 6.23. The number of pyridine rings is 1. The van der Waals surface area contributed by atoms with E-state index in [1.807, 2.05) is 24.3 Å². The molecule has 2 aromatic rings. The lowest BCUT2D eigenvalue weighted by Crippen LogP contribution is -2.25. The first kappa shape index (κ1) is 12.6. The summed E-state index contributed by atoms with van der Waals surface area (Å²) in [6, 6.07) is 9.96. The molecule has 1 aromatic heterocycles. The topological polar surface area (TPSA) is 62.2 Å². The summed E-state index contributed by atoms with van der Waals surface area (Å²) in [6.07, 6.45) is 5.13. The number of hydrogen-bond acceptors (Lipinski definition) is 3. The van der Waals surface area contributed by atoms with Crippen LogP contribution in [0.5, 0.6) is 0 Å². The number of benzene rings is 1. The third kappa shape index (κ3) is 2.46. The van der Waals surface area contributed by atoms with Crippen molar-refractivity contribution in [3.8, 4) is 0 Å². The maximum absolute atomic E-state index is 11.3. The van der Waals surface area contributed by atoms with Crippen LogP contribution in [-0.2, 0) is 0 Å². The largest absolute Gasteiger partial charge is 0.477 e. The Bertz CT molecular complexity index is 693. The quantitative estimate of drug-likeness (QED) is 0.880. The fraction of sp³-hybridized carbons (Fsp3) is 0.412. The van der Waals surface area contributed by atoms with E-state index in [4.69, 9.17) is 0 Å². The van der Waals surface area contributed by atoms with E-state index in [-0.39, 0.29) is 5.69 Å². The third-order valence-electron chi connectivity index (χ3n) is 4.52. The van der Waals surface area contributed by atoms with E-state index in [9.17, 15) is 9.90 Å². The van der Waals surface area contributed by atoms with Gasteiger partial charge in [-0.3, -0.25) is 0 Å². The van der Waals surface area contributed by atoms with E-state index >= 15 is 0 Å². The fourth-order valence-electron chi connectivity index (χ4n) is 3.11. The van der Waals surface area contributed by atoms with Crippen LogP contribution in [0.25, 0.3) is 10.8 Å². The van der Waals surface area contributed by atoms with Crippen LogP contribution in [0.3, 0.4) is 0 Å². The second-order valence-corrected chi connectivity index (χ2v) is 6.23. The Morgan fingerprint density at radius 2 is 1.86 bits per heavy atom. The molecule has 1 aromatic carbocycles. The van der Waals surface area contributed by atoms with Crippen LogP contribution in [0.4, 0.5) is 5.82 Å². The first-order chi connectivity index (χ1) is 10.2. The summed E-state index contributed by atoms with van der Waals surface area (Å²) in [6.45, 7) is 0. The molecule has 108 valence electrons. The third-order valence-corrected chi connectivity index (χ3v) is 4.52. The number of carboxylic acid groups (broad SMARTS) is 1. The van der Waals surface area contributed by atoms with Crippen molar-refractivity contribution in [2.45, 2.75) is 31.7 Å². The summed E-state index contributed by atoms with van der Waals surface area (Å²) in [5, 5.41) is 14.8. The lowest BCUT2D eigenvalue weighted by molar-refractivity contribution is 0.0691. The molecule has 2 N–H and O–H groups in total. The molecule has 4 nitrogen and oxygen atoms in total. The molecule has 0 aliphatic heterocycles. The molecule has 0 radical (unpaired) electrons. The molecule has 2 aliphatic carbocycles. The second kappa shape index (κ2) is 4.72. The molecule has 4 rings (SSSR count). The highest BCUT2D eigenvalue weighted by atomic mass is 16.4. The SMILES string of the molecule is O=C(O)c1cc2ccccc2c(NC(C2CC2)C2CC2)n1. The first-order valence-corrected chi connectivity index (χ1v) is 7.62. The number of fused-ring (bicyclic) bond motifs is 1. The maximum Gasteiger partial charge on any atom is 0.354 e. The minimum Gasteiger partial charge on any atom is -0.477 e. The molecule has 2 fully saturated rings. The summed E-state index contributed by atoms with van der Waals surface area (Å²) in [7, 11) is 0. The maximum atomic E-state index is 11.3. The van der Waals surface area contributed by atoms with Gasteiger partial charge in [0.15, 0.2) is 5.69 Å². The van der Waals surface area contributed by atoms with Crippen molar-refractivity contribution in [1.82, 2.24) is 4.98 Å². The van der Waals surface area contributed by atoms with Crippen LogP contribution in [0, 0.1) is 11.8 Å². The normalized spacial score (nSPS) is 18.1. The number of aromatic carboxylic acids is 1. The van der Waals surface area contributed by atoms with Crippen LogP contribution < -0.4 is 5.32 Å². The van der Waals surface area contributed by atoms with E-state index in [1.54, 1.807) is 6.07 Å². The van der Waals surface area contributed by atoms with Gasteiger partial charge in [0.1, 0.15) is 5.82 Å². The molecule has 0 spiro atoms. The van der Waals surface area contributed by atoms with E-state index in [1.165, 1.54) is 25.7 Å². The molecular weight excluding hydrogens is 264 g/mol. The zero-order valence-corrected chi connectivity index (χ0v) is 11.7. The summed E-state index contributed by atoms with van der Waals surface area (Å²) < 4.78 is 0. The van der Waals surface area contributed by atoms with Gasteiger partial charge in [0, 0.05) is 11.4 Å². The van der Waals surface area contributed by atoms with Crippen molar-refractivity contribution in [2.75, 3.05) is 5.32 Å². The molecular formula is C17H18N2O2. The van der Waals surface area contributed by atoms with Gasteiger partial charge in [-0.05, 0) is 49.0 Å². The van der Waals surface area contributed by atoms with Crippen LogP contribution in [0.2, 0.25) is 0 Å². The van der Waals surface area contributed by atoms with Crippen molar-refractivity contribution >= 4 is 22.6 Å². The predicted molar refractivity (Wildman–Crippen MR) is 81.6 cm³/mol. The summed E-state index contributed by atoms with van der Waals surface area (Å²) in [4.78, 5) is 15.6. The van der Waals surface area contributed by atoms with Gasteiger partial charge in [-0.25, -0.2) is 9.78 Å². The van der Waals surface area contributed by atoms with Crippen molar-refractivity contribution in [3.05, 3.63) is 36.0 Å². The van der Waals surface area contributed by atoms with Crippen LogP contribution in [0.1, 0.15) is 36.2 Å². The smallest absolute Gasteiger partial charge is 0.354 e.